The number of hydrogen-bond acceptors (Lipinski definition) is 6. The number of aliphatic hydroxyl groups excluding tert-OH is 4. The standard InChI is InChI=1S/C17H26O6/c1-22-13-6-4-11(5-7-13)3-2-8-23-14-9-12(10-18)15(19)17(21)16(14)20/h4-7,12,14-21H,2-3,8-10H2,1H3/t12-,14-,15-,16+,17+/m1/s1. The molecule has 1 aromatic carbocycles. The lowest BCUT2D eigenvalue weighted by atomic mass is 9.81. The predicted molar refractivity (Wildman–Crippen MR) is 84.3 cm³/mol. The Labute approximate surface area is 136 Å². The lowest BCUT2D eigenvalue weighted by molar-refractivity contribution is -0.178. The van der Waals surface area contributed by atoms with E-state index in [-0.39, 0.29) is 6.61 Å². The van der Waals surface area contributed by atoms with Crippen molar-refractivity contribution in [2.45, 2.75) is 43.7 Å². The summed E-state index contributed by atoms with van der Waals surface area (Å²) in [6.07, 6.45) is -2.16. The Morgan fingerprint density at radius 2 is 1.74 bits per heavy atom. The van der Waals surface area contributed by atoms with Crippen LogP contribution in [-0.4, -0.2) is 65.2 Å². The number of benzene rings is 1. The van der Waals surface area contributed by atoms with Crippen LogP contribution in [0.4, 0.5) is 0 Å². The third-order valence-electron chi connectivity index (χ3n) is 4.43. The number of methoxy groups -OCH3 is 1. The fourth-order valence-electron chi connectivity index (χ4n) is 2.93. The lowest BCUT2D eigenvalue weighted by Gasteiger charge is -2.39. The molecule has 0 radical (unpaired) electrons. The van der Waals surface area contributed by atoms with Gasteiger partial charge in [0.15, 0.2) is 0 Å². The van der Waals surface area contributed by atoms with Crippen molar-refractivity contribution in [3.63, 3.8) is 0 Å². The molecule has 1 saturated carbocycles. The molecule has 1 fully saturated rings. The van der Waals surface area contributed by atoms with E-state index in [1.807, 2.05) is 24.3 Å². The van der Waals surface area contributed by atoms with E-state index >= 15 is 0 Å². The van der Waals surface area contributed by atoms with E-state index in [1.165, 1.54) is 5.56 Å². The highest BCUT2D eigenvalue weighted by molar-refractivity contribution is 5.27. The first-order valence-electron chi connectivity index (χ1n) is 7.96. The molecule has 5 atom stereocenters. The molecule has 0 spiro atoms. The Balaban J connectivity index is 1.76. The fourth-order valence-corrected chi connectivity index (χ4v) is 2.93. The molecule has 2 rings (SSSR count). The largest absolute Gasteiger partial charge is 0.497 e. The first-order valence-corrected chi connectivity index (χ1v) is 7.96. The predicted octanol–water partition coefficient (Wildman–Crippen LogP) is 0.108. The van der Waals surface area contributed by atoms with Crippen LogP contribution in [0.5, 0.6) is 5.75 Å². The zero-order valence-electron chi connectivity index (χ0n) is 13.3. The maximum atomic E-state index is 9.96. The molecular weight excluding hydrogens is 300 g/mol. The molecule has 0 amide bonds. The van der Waals surface area contributed by atoms with Gasteiger partial charge >= 0.3 is 0 Å². The minimum atomic E-state index is -1.28. The zero-order valence-corrected chi connectivity index (χ0v) is 13.3. The van der Waals surface area contributed by atoms with E-state index in [9.17, 15) is 20.4 Å². The van der Waals surface area contributed by atoms with Crippen LogP contribution in [-0.2, 0) is 11.2 Å². The summed E-state index contributed by atoms with van der Waals surface area (Å²) < 4.78 is 10.8. The average molecular weight is 326 g/mol. The number of aryl methyl sites for hydroxylation is 1. The van der Waals surface area contributed by atoms with Crippen molar-refractivity contribution in [2.75, 3.05) is 20.3 Å². The molecule has 0 bridgehead atoms. The Hall–Kier alpha value is -1.18. The van der Waals surface area contributed by atoms with Crippen molar-refractivity contribution >= 4 is 0 Å². The topological polar surface area (TPSA) is 99.4 Å². The fraction of sp³-hybridized carbons (Fsp3) is 0.647. The number of rotatable bonds is 7. The van der Waals surface area contributed by atoms with Crippen LogP contribution in [0.15, 0.2) is 24.3 Å². The first kappa shape index (κ1) is 18.2. The van der Waals surface area contributed by atoms with E-state index in [2.05, 4.69) is 0 Å². The van der Waals surface area contributed by atoms with Gasteiger partial charge in [0.05, 0.1) is 19.3 Å². The van der Waals surface area contributed by atoms with Crippen LogP contribution in [0.2, 0.25) is 0 Å². The van der Waals surface area contributed by atoms with Gasteiger partial charge in [0, 0.05) is 19.1 Å². The molecular formula is C17H26O6. The van der Waals surface area contributed by atoms with Crippen LogP contribution in [0, 0.1) is 5.92 Å². The molecule has 4 N–H and O–H groups in total. The second-order valence-electron chi connectivity index (χ2n) is 6.01. The summed E-state index contributed by atoms with van der Waals surface area (Å²) in [6.45, 7) is 0.200. The summed E-state index contributed by atoms with van der Waals surface area (Å²) in [6, 6.07) is 7.81. The molecule has 6 heteroatoms. The minimum absolute atomic E-state index is 0.239. The number of aliphatic hydroxyl groups is 4. The third kappa shape index (κ3) is 4.65. The molecule has 1 aliphatic rings. The quantitative estimate of drug-likeness (QED) is 0.531. The highest BCUT2D eigenvalue weighted by atomic mass is 16.5. The van der Waals surface area contributed by atoms with Crippen LogP contribution in [0.25, 0.3) is 0 Å². The van der Waals surface area contributed by atoms with Gasteiger partial charge in [-0.25, -0.2) is 0 Å². The second kappa shape index (κ2) is 8.61. The summed E-state index contributed by atoms with van der Waals surface area (Å²) in [7, 11) is 1.63. The zero-order chi connectivity index (χ0) is 16.8. The molecule has 23 heavy (non-hydrogen) atoms. The van der Waals surface area contributed by atoms with Gasteiger partial charge in [0.2, 0.25) is 0 Å². The maximum absolute atomic E-state index is 9.96. The van der Waals surface area contributed by atoms with Crippen LogP contribution in [0.1, 0.15) is 18.4 Å². The molecule has 0 heterocycles. The molecule has 0 saturated heterocycles. The molecule has 0 aliphatic heterocycles. The van der Waals surface area contributed by atoms with Crippen molar-refractivity contribution < 1.29 is 29.9 Å². The highest BCUT2D eigenvalue weighted by Gasteiger charge is 2.42. The van der Waals surface area contributed by atoms with E-state index < -0.39 is 30.3 Å². The number of hydrogen-bond donors (Lipinski definition) is 4. The van der Waals surface area contributed by atoms with Crippen molar-refractivity contribution in [3.8, 4) is 5.75 Å². The van der Waals surface area contributed by atoms with Crippen LogP contribution < -0.4 is 4.74 Å². The van der Waals surface area contributed by atoms with Crippen molar-refractivity contribution in [2.24, 2.45) is 5.92 Å². The lowest BCUT2D eigenvalue weighted by Crippen LogP contribution is -2.55. The van der Waals surface area contributed by atoms with Gasteiger partial charge < -0.3 is 29.9 Å². The Bertz CT molecular complexity index is 461. The smallest absolute Gasteiger partial charge is 0.118 e. The van der Waals surface area contributed by atoms with Crippen molar-refractivity contribution in [1.29, 1.82) is 0 Å². The van der Waals surface area contributed by atoms with Gasteiger partial charge in [-0.05, 0) is 37.0 Å². The molecule has 6 nitrogen and oxygen atoms in total. The second-order valence-corrected chi connectivity index (χ2v) is 6.01. The third-order valence-corrected chi connectivity index (χ3v) is 4.43. The first-order chi connectivity index (χ1) is 11.1. The molecule has 1 aliphatic carbocycles. The Kier molecular flexibility index (Phi) is 6.80. The monoisotopic (exact) mass is 326 g/mol. The summed E-state index contributed by atoms with van der Waals surface area (Å²) in [5.41, 5.74) is 1.17. The number of ether oxygens (including phenoxy) is 2. The van der Waals surface area contributed by atoms with Gasteiger partial charge in [0.1, 0.15) is 18.0 Å². The molecule has 0 aromatic heterocycles. The normalized spacial score (nSPS) is 31.1. The van der Waals surface area contributed by atoms with E-state index in [0.29, 0.717) is 13.0 Å². The Morgan fingerprint density at radius 3 is 2.35 bits per heavy atom. The van der Waals surface area contributed by atoms with Gasteiger partial charge in [0.25, 0.3) is 0 Å². The van der Waals surface area contributed by atoms with E-state index in [1.54, 1.807) is 7.11 Å². The van der Waals surface area contributed by atoms with Crippen molar-refractivity contribution in [3.05, 3.63) is 29.8 Å². The summed E-state index contributed by atoms with van der Waals surface area (Å²) in [5, 5.41) is 38.7. The van der Waals surface area contributed by atoms with Crippen LogP contribution >= 0.6 is 0 Å². The molecule has 1 aromatic rings. The average Bonchev–Trinajstić information content (AvgIpc) is 2.59. The summed E-state index contributed by atoms with van der Waals surface area (Å²) >= 11 is 0. The summed E-state index contributed by atoms with van der Waals surface area (Å²) in [4.78, 5) is 0. The maximum Gasteiger partial charge on any atom is 0.118 e. The Morgan fingerprint density at radius 1 is 1.04 bits per heavy atom. The van der Waals surface area contributed by atoms with Crippen molar-refractivity contribution in [1.82, 2.24) is 0 Å². The van der Waals surface area contributed by atoms with E-state index in [0.717, 1.165) is 18.6 Å². The SMILES string of the molecule is COc1ccc(CCCO[C@@H]2C[C@H](CO)[C@@H](O)[C@H](O)[C@H]2O)cc1. The highest BCUT2D eigenvalue weighted by Crippen LogP contribution is 2.27. The van der Waals surface area contributed by atoms with Gasteiger partial charge in [-0.15, -0.1) is 0 Å². The van der Waals surface area contributed by atoms with Gasteiger partial charge in [-0.2, -0.15) is 0 Å². The minimum Gasteiger partial charge on any atom is -0.497 e. The molecule has 130 valence electrons. The summed E-state index contributed by atoms with van der Waals surface area (Å²) in [5.74, 6) is 0.345. The van der Waals surface area contributed by atoms with Crippen LogP contribution in [0.3, 0.4) is 0 Å². The van der Waals surface area contributed by atoms with Gasteiger partial charge in [-0.3, -0.25) is 0 Å². The van der Waals surface area contributed by atoms with Gasteiger partial charge in [-0.1, -0.05) is 12.1 Å². The van der Waals surface area contributed by atoms with E-state index in [4.69, 9.17) is 9.47 Å². The molecule has 0 unspecified atom stereocenters.